The van der Waals surface area contributed by atoms with Gasteiger partial charge in [0.25, 0.3) is 0 Å². The van der Waals surface area contributed by atoms with Crippen LogP contribution in [0.5, 0.6) is 5.75 Å². The zero-order chi connectivity index (χ0) is 16.9. The van der Waals surface area contributed by atoms with E-state index in [4.69, 9.17) is 4.74 Å². The number of likely N-dealkylation sites (tertiary alicyclic amines) is 1. The lowest BCUT2D eigenvalue weighted by Crippen LogP contribution is -2.44. The summed E-state index contributed by atoms with van der Waals surface area (Å²) < 4.78 is 5.27. The number of hydrogen-bond acceptors (Lipinski definition) is 4. The number of hydrogen-bond donors (Lipinski definition) is 2. The fourth-order valence-electron chi connectivity index (χ4n) is 2.66. The molecule has 2 N–H and O–H groups in total. The van der Waals surface area contributed by atoms with Gasteiger partial charge in [0.05, 0.1) is 12.6 Å². The van der Waals surface area contributed by atoms with E-state index in [9.17, 15) is 14.7 Å². The molecule has 24 heavy (non-hydrogen) atoms. The van der Waals surface area contributed by atoms with Gasteiger partial charge < -0.3 is 15.2 Å². The number of carbonyl (C=O) groups excluding carboxylic acids is 2. The maximum atomic E-state index is 12.5. The lowest BCUT2D eigenvalue weighted by atomic mass is 10.2. The van der Waals surface area contributed by atoms with Gasteiger partial charge in [0, 0.05) is 12.1 Å². The van der Waals surface area contributed by atoms with Crippen molar-refractivity contribution < 1.29 is 19.4 Å². The molecule has 0 radical (unpaired) electrons. The Morgan fingerprint density at radius 1 is 1.04 bits per heavy atom. The summed E-state index contributed by atoms with van der Waals surface area (Å²) in [5, 5.41) is 12.6. The predicted molar refractivity (Wildman–Crippen MR) is 88.7 cm³/mol. The van der Waals surface area contributed by atoms with Gasteiger partial charge in [-0.05, 0) is 24.3 Å². The molecular formula is C18H18N2O4. The van der Waals surface area contributed by atoms with Gasteiger partial charge in [0.2, 0.25) is 5.91 Å². The number of nitrogens with one attached hydrogen (secondary N) is 1. The number of β-amino-alcohol motifs (C(OH)–C–C–N with tert-alkyl or cyclic N) is 1. The number of para-hydroxylation sites is 2. The second-order valence-corrected chi connectivity index (χ2v) is 5.59. The lowest BCUT2D eigenvalue weighted by molar-refractivity contribution is -0.119. The fourth-order valence-corrected chi connectivity index (χ4v) is 2.66. The van der Waals surface area contributed by atoms with E-state index in [0.717, 1.165) is 0 Å². The Morgan fingerprint density at radius 2 is 1.67 bits per heavy atom. The Hall–Kier alpha value is -2.86. The van der Waals surface area contributed by atoms with Crippen molar-refractivity contribution in [1.29, 1.82) is 0 Å². The molecule has 3 rings (SSSR count). The number of aliphatic hydroxyl groups is 1. The second-order valence-electron chi connectivity index (χ2n) is 5.59. The molecule has 2 aromatic rings. The van der Waals surface area contributed by atoms with Crippen molar-refractivity contribution in [3.63, 3.8) is 0 Å². The molecule has 2 aromatic carbocycles. The van der Waals surface area contributed by atoms with Crippen molar-refractivity contribution in [2.75, 3.05) is 11.9 Å². The highest BCUT2D eigenvalue weighted by Gasteiger charge is 2.40. The average molecular weight is 326 g/mol. The van der Waals surface area contributed by atoms with Gasteiger partial charge in [0.15, 0.2) is 0 Å². The third-order valence-electron chi connectivity index (χ3n) is 3.81. The van der Waals surface area contributed by atoms with Crippen LogP contribution in [0.1, 0.15) is 6.42 Å². The SMILES string of the molecule is O=C(Nc1ccccc1)[C@H]1C[C@H](O)CN1C(=O)Oc1ccccc1. The molecule has 1 fully saturated rings. The van der Waals surface area contributed by atoms with Crippen LogP contribution in [0, 0.1) is 0 Å². The van der Waals surface area contributed by atoms with Crippen molar-refractivity contribution in [3.8, 4) is 5.75 Å². The maximum Gasteiger partial charge on any atom is 0.416 e. The minimum Gasteiger partial charge on any atom is -0.410 e. The normalized spacial score (nSPS) is 19.8. The number of anilines is 1. The van der Waals surface area contributed by atoms with Crippen LogP contribution in [-0.2, 0) is 4.79 Å². The van der Waals surface area contributed by atoms with E-state index >= 15 is 0 Å². The number of amides is 2. The number of carbonyl (C=O) groups is 2. The smallest absolute Gasteiger partial charge is 0.410 e. The van der Waals surface area contributed by atoms with E-state index in [-0.39, 0.29) is 18.9 Å². The minimum atomic E-state index is -0.767. The highest BCUT2D eigenvalue weighted by Crippen LogP contribution is 2.22. The van der Waals surface area contributed by atoms with Crippen LogP contribution in [0.4, 0.5) is 10.5 Å². The summed E-state index contributed by atoms with van der Waals surface area (Å²) in [5.74, 6) is 0.0499. The van der Waals surface area contributed by atoms with E-state index in [1.807, 2.05) is 12.1 Å². The Kier molecular flexibility index (Phi) is 4.77. The number of benzene rings is 2. The third kappa shape index (κ3) is 3.72. The topological polar surface area (TPSA) is 78.9 Å². The molecule has 0 aliphatic carbocycles. The van der Waals surface area contributed by atoms with E-state index in [0.29, 0.717) is 11.4 Å². The Morgan fingerprint density at radius 3 is 2.33 bits per heavy atom. The van der Waals surface area contributed by atoms with E-state index < -0.39 is 18.2 Å². The van der Waals surface area contributed by atoms with Gasteiger partial charge in [-0.25, -0.2) is 4.79 Å². The number of rotatable bonds is 3. The monoisotopic (exact) mass is 326 g/mol. The van der Waals surface area contributed by atoms with Gasteiger partial charge in [0.1, 0.15) is 11.8 Å². The Bertz CT molecular complexity index is 644. The van der Waals surface area contributed by atoms with Gasteiger partial charge in [-0.3, -0.25) is 9.69 Å². The second kappa shape index (κ2) is 7.14. The quantitative estimate of drug-likeness (QED) is 0.907. The fraction of sp³-hybridized carbons (Fsp3) is 0.222. The molecule has 0 saturated carbocycles. The first kappa shape index (κ1) is 16.0. The molecule has 124 valence electrons. The lowest BCUT2D eigenvalue weighted by Gasteiger charge is -2.22. The van der Waals surface area contributed by atoms with Crippen LogP contribution in [0.15, 0.2) is 60.7 Å². The molecule has 0 bridgehead atoms. The molecule has 6 nitrogen and oxygen atoms in total. The van der Waals surface area contributed by atoms with Gasteiger partial charge in [-0.1, -0.05) is 36.4 Å². The first-order valence-electron chi connectivity index (χ1n) is 7.71. The van der Waals surface area contributed by atoms with E-state index in [1.54, 1.807) is 48.5 Å². The highest BCUT2D eigenvalue weighted by molar-refractivity contribution is 5.97. The average Bonchev–Trinajstić information content (AvgIpc) is 2.99. The summed E-state index contributed by atoms with van der Waals surface area (Å²) in [4.78, 5) is 26.1. The standard InChI is InChI=1S/C18H18N2O4/c21-14-11-16(17(22)19-13-7-3-1-4-8-13)20(12-14)18(23)24-15-9-5-2-6-10-15/h1-10,14,16,21H,11-12H2,(H,19,22)/t14-,16+/m0/s1. The zero-order valence-electron chi connectivity index (χ0n) is 13.0. The molecule has 1 aliphatic heterocycles. The maximum absolute atomic E-state index is 12.5. The number of aliphatic hydroxyl groups excluding tert-OH is 1. The molecule has 2 amide bonds. The molecule has 6 heteroatoms. The van der Waals surface area contributed by atoms with Gasteiger partial charge in [-0.15, -0.1) is 0 Å². The largest absolute Gasteiger partial charge is 0.416 e. The summed E-state index contributed by atoms with van der Waals surface area (Å²) in [6.45, 7) is 0.0680. The summed E-state index contributed by atoms with van der Waals surface area (Å²) in [6.07, 6.45) is -1.21. The molecule has 0 aromatic heterocycles. The summed E-state index contributed by atoms with van der Waals surface area (Å²) in [6, 6.07) is 16.8. The molecule has 0 unspecified atom stereocenters. The first-order valence-corrected chi connectivity index (χ1v) is 7.71. The van der Waals surface area contributed by atoms with Gasteiger partial charge in [-0.2, -0.15) is 0 Å². The third-order valence-corrected chi connectivity index (χ3v) is 3.81. The summed E-state index contributed by atoms with van der Waals surface area (Å²) in [5.41, 5.74) is 0.639. The van der Waals surface area contributed by atoms with E-state index in [2.05, 4.69) is 5.32 Å². The summed E-state index contributed by atoms with van der Waals surface area (Å²) >= 11 is 0. The zero-order valence-corrected chi connectivity index (χ0v) is 13.0. The molecule has 0 spiro atoms. The molecule has 1 aliphatic rings. The van der Waals surface area contributed by atoms with Crippen molar-refractivity contribution in [2.45, 2.75) is 18.6 Å². The van der Waals surface area contributed by atoms with Crippen molar-refractivity contribution in [3.05, 3.63) is 60.7 Å². The van der Waals surface area contributed by atoms with Crippen LogP contribution in [0.25, 0.3) is 0 Å². The van der Waals surface area contributed by atoms with Crippen molar-refractivity contribution >= 4 is 17.7 Å². The first-order chi connectivity index (χ1) is 11.6. The number of nitrogens with zero attached hydrogens (tertiary/aromatic N) is 1. The van der Waals surface area contributed by atoms with Crippen LogP contribution < -0.4 is 10.1 Å². The Balaban J connectivity index is 1.69. The van der Waals surface area contributed by atoms with Gasteiger partial charge >= 0.3 is 6.09 Å². The van der Waals surface area contributed by atoms with Crippen molar-refractivity contribution in [1.82, 2.24) is 4.90 Å². The molecule has 2 atom stereocenters. The van der Waals surface area contributed by atoms with Crippen LogP contribution in [0.2, 0.25) is 0 Å². The molecular weight excluding hydrogens is 308 g/mol. The Labute approximate surface area is 139 Å². The minimum absolute atomic E-state index is 0.0680. The molecule has 1 saturated heterocycles. The van der Waals surface area contributed by atoms with Crippen molar-refractivity contribution in [2.24, 2.45) is 0 Å². The number of ether oxygens (including phenoxy) is 1. The van der Waals surface area contributed by atoms with Crippen LogP contribution in [0.3, 0.4) is 0 Å². The highest BCUT2D eigenvalue weighted by atomic mass is 16.6. The van der Waals surface area contributed by atoms with Crippen LogP contribution in [-0.4, -0.2) is 40.7 Å². The van der Waals surface area contributed by atoms with E-state index in [1.165, 1.54) is 4.90 Å². The summed E-state index contributed by atoms with van der Waals surface area (Å²) in [7, 11) is 0. The van der Waals surface area contributed by atoms with Crippen LogP contribution >= 0.6 is 0 Å². The molecule has 1 heterocycles. The predicted octanol–water partition coefficient (Wildman–Crippen LogP) is 2.26.